The first kappa shape index (κ1) is 13.5. The Balaban J connectivity index is 1.43. The van der Waals surface area contributed by atoms with Gasteiger partial charge in [-0.3, -0.25) is 0 Å². The van der Waals surface area contributed by atoms with Crippen LogP contribution in [0, 0.1) is 11.3 Å². The van der Waals surface area contributed by atoms with E-state index in [4.69, 9.17) is 4.74 Å². The summed E-state index contributed by atoms with van der Waals surface area (Å²) in [5.74, 6) is 1.88. The lowest BCUT2D eigenvalue weighted by Gasteiger charge is -2.55. The molecular formula is C16H23NOS. The third-order valence-electron chi connectivity index (χ3n) is 4.58. The molecule has 0 amide bonds. The van der Waals surface area contributed by atoms with Gasteiger partial charge in [0.15, 0.2) is 0 Å². The normalized spacial score (nSPS) is 31.8. The number of thioether (sulfide) groups is 1. The Morgan fingerprint density at radius 1 is 1.32 bits per heavy atom. The minimum atomic E-state index is 0.304. The van der Waals surface area contributed by atoms with Crippen molar-refractivity contribution in [2.24, 2.45) is 11.3 Å². The maximum atomic E-state index is 5.83. The molecule has 104 valence electrons. The summed E-state index contributed by atoms with van der Waals surface area (Å²) in [6.45, 7) is 6.70. The summed E-state index contributed by atoms with van der Waals surface area (Å²) in [7, 11) is 0. The van der Waals surface area contributed by atoms with E-state index in [2.05, 4.69) is 49.5 Å². The monoisotopic (exact) mass is 277 g/mol. The van der Waals surface area contributed by atoms with Crippen LogP contribution in [-0.2, 0) is 4.74 Å². The lowest BCUT2D eigenvalue weighted by molar-refractivity contribution is -0.111. The van der Waals surface area contributed by atoms with Gasteiger partial charge in [-0.1, -0.05) is 32.0 Å². The molecule has 19 heavy (non-hydrogen) atoms. The van der Waals surface area contributed by atoms with E-state index in [-0.39, 0.29) is 0 Å². The molecule has 1 N–H and O–H groups in total. The van der Waals surface area contributed by atoms with Crippen LogP contribution in [0.5, 0.6) is 0 Å². The lowest BCUT2D eigenvalue weighted by Crippen LogP contribution is -2.66. The van der Waals surface area contributed by atoms with Crippen molar-refractivity contribution in [2.75, 3.05) is 18.9 Å². The fraction of sp³-hybridized carbons (Fsp3) is 0.625. The number of hydrogen-bond donors (Lipinski definition) is 1. The van der Waals surface area contributed by atoms with Crippen LogP contribution in [0.4, 0.5) is 0 Å². The quantitative estimate of drug-likeness (QED) is 0.660. The Hall–Kier alpha value is -0.510. The topological polar surface area (TPSA) is 21.3 Å². The molecule has 0 bridgehead atoms. The zero-order valence-electron chi connectivity index (χ0n) is 11.8. The van der Waals surface area contributed by atoms with Crippen molar-refractivity contribution in [3.63, 3.8) is 0 Å². The molecule has 1 aliphatic carbocycles. The van der Waals surface area contributed by atoms with Gasteiger partial charge in [0.05, 0.1) is 6.10 Å². The fourth-order valence-electron chi connectivity index (χ4n) is 3.64. The molecule has 3 atom stereocenters. The van der Waals surface area contributed by atoms with Crippen LogP contribution in [0.15, 0.2) is 35.2 Å². The van der Waals surface area contributed by atoms with Crippen molar-refractivity contribution >= 4 is 11.8 Å². The number of fused-ring (bicyclic) bond motifs is 1. The van der Waals surface area contributed by atoms with E-state index >= 15 is 0 Å². The third kappa shape index (κ3) is 2.56. The van der Waals surface area contributed by atoms with Gasteiger partial charge in [0, 0.05) is 41.2 Å². The highest BCUT2D eigenvalue weighted by molar-refractivity contribution is 7.99. The van der Waals surface area contributed by atoms with E-state index in [1.807, 2.05) is 11.8 Å². The maximum Gasteiger partial charge on any atom is 0.0685 e. The van der Waals surface area contributed by atoms with Crippen LogP contribution in [0.3, 0.4) is 0 Å². The molecule has 1 heterocycles. The Bertz CT molecular complexity index is 420. The van der Waals surface area contributed by atoms with Crippen molar-refractivity contribution in [2.45, 2.75) is 37.3 Å². The Labute approximate surface area is 120 Å². The van der Waals surface area contributed by atoms with Gasteiger partial charge >= 0.3 is 0 Å². The van der Waals surface area contributed by atoms with Crippen LogP contribution >= 0.6 is 11.8 Å². The zero-order chi connectivity index (χ0) is 13.3. The molecule has 1 aliphatic heterocycles. The van der Waals surface area contributed by atoms with Crippen LogP contribution < -0.4 is 5.32 Å². The SMILES string of the molecule is CC1(C)C(NCCSc2ccccc2)C2CCOC21. The van der Waals surface area contributed by atoms with Gasteiger partial charge in [0.1, 0.15) is 0 Å². The van der Waals surface area contributed by atoms with Crippen molar-refractivity contribution in [1.82, 2.24) is 5.32 Å². The van der Waals surface area contributed by atoms with Crippen LogP contribution in [-0.4, -0.2) is 31.1 Å². The maximum absolute atomic E-state index is 5.83. The van der Waals surface area contributed by atoms with Gasteiger partial charge in [-0.15, -0.1) is 11.8 Å². The largest absolute Gasteiger partial charge is 0.377 e. The van der Waals surface area contributed by atoms with Gasteiger partial charge in [-0.25, -0.2) is 0 Å². The van der Waals surface area contributed by atoms with E-state index in [1.54, 1.807) is 0 Å². The molecule has 0 spiro atoms. The second kappa shape index (κ2) is 5.47. The van der Waals surface area contributed by atoms with Crippen molar-refractivity contribution in [3.8, 4) is 0 Å². The molecule has 1 aromatic carbocycles. The van der Waals surface area contributed by atoms with E-state index in [0.29, 0.717) is 17.6 Å². The van der Waals surface area contributed by atoms with Gasteiger partial charge in [-0.05, 0) is 18.6 Å². The summed E-state index contributed by atoms with van der Waals surface area (Å²) in [5, 5.41) is 3.75. The smallest absolute Gasteiger partial charge is 0.0685 e. The highest BCUT2D eigenvalue weighted by atomic mass is 32.2. The van der Waals surface area contributed by atoms with Gasteiger partial charge in [0.25, 0.3) is 0 Å². The number of nitrogens with one attached hydrogen (secondary N) is 1. The molecule has 0 aromatic heterocycles. The highest BCUT2D eigenvalue weighted by Gasteiger charge is 2.58. The standard InChI is InChI=1S/C16H23NOS/c1-16(2)14(13-8-10-18-15(13)16)17-9-11-19-12-6-4-3-5-7-12/h3-7,13-15,17H,8-11H2,1-2H3. The van der Waals surface area contributed by atoms with Crippen LogP contribution in [0.2, 0.25) is 0 Å². The number of benzene rings is 1. The molecule has 2 aliphatic rings. The summed E-state index contributed by atoms with van der Waals surface area (Å²) >= 11 is 1.93. The summed E-state index contributed by atoms with van der Waals surface area (Å²) < 4.78 is 5.83. The van der Waals surface area contributed by atoms with E-state index in [1.165, 1.54) is 11.3 Å². The second-order valence-electron chi connectivity index (χ2n) is 6.16. The van der Waals surface area contributed by atoms with E-state index < -0.39 is 0 Å². The van der Waals surface area contributed by atoms with Crippen molar-refractivity contribution in [1.29, 1.82) is 0 Å². The number of rotatable bonds is 5. The van der Waals surface area contributed by atoms with Crippen molar-refractivity contribution in [3.05, 3.63) is 30.3 Å². The summed E-state index contributed by atoms with van der Waals surface area (Å²) in [6, 6.07) is 11.3. The average Bonchev–Trinajstić information content (AvgIpc) is 2.86. The molecule has 3 unspecified atom stereocenters. The van der Waals surface area contributed by atoms with Gasteiger partial charge in [0.2, 0.25) is 0 Å². The highest BCUT2D eigenvalue weighted by Crippen LogP contribution is 2.52. The second-order valence-corrected chi connectivity index (χ2v) is 7.33. The number of ether oxygens (including phenoxy) is 1. The average molecular weight is 277 g/mol. The molecule has 1 saturated carbocycles. The Morgan fingerprint density at radius 2 is 2.11 bits per heavy atom. The lowest BCUT2D eigenvalue weighted by atomic mass is 9.57. The summed E-state index contributed by atoms with van der Waals surface area (Å²) in [4.78, 5) is 1.36. The third-order valence-corrected chi connectivity index (χ3v) is 5.59. The first-order valence-corrected chi connectivity index (χ1v) is 8.21. The number of hydrogen-bond acceptors (Lipinski definition) is 3. The van der Waals surface area contributed by atoms with Crippen molar-refractivity contribution < 1.29 is 4.74 Å². The minimum Gasteiger partial charge on any atom is -0.377 e. The summed E-state index contributed by atoms with van der Waals surface area (Å²) in [5.41, 5.74) is 0.304. The van der Waals surface area contributed by atoms with E-state index in [0.717, 1.165) is 24.8 Å². The Kier molecular flexibility index (Phi) is 3.88. The molecule has 1 aromatic rings. The zero-order valence-corrected chi connectivity index (χ0v) is 12.6. The molecule has 3 rings (SSSR count). The predicted molar refractivity (Wildman–Crippen MR) is 80.6 cm³/mol. The molecule has 0 radical (unpaired) electrons. The molecule has 1 saturated heterocycles. The minimum absolute atomic E-state index is 0.304. The molecule has 2 fully saturated rings. The first-order valence-electron chi connectivity index (χ1n) is 7.22. The predicted octanol–water partition coefficient (Wildman–Crippen LogP) is 3.18. The fourth-order valence-corrected chi connectivity index (χ4v) is 4.44. The van der Waals surface area contributed by atoms with Gasteiger partial charge < -0.3 is 10.1 Å². The molecule has 3 heteroatoms. The molecule has 2 nitrogen and oxygen atoms in total. The van der Waals surface area contributed by atoms with Crippen LogP contribution in [0.1, 0.15) is 20.3 Å². The van der Waals surface area contributed by atoms with Gasteiger partial charge in [-0.2, -0.15) is 0 Å². The van der Waals surface area contributed by atoms with Crippen LogP contribution in [0.25, 0.3) is 0 Å². The Morgan fingerprint density at radius 3 is 2.89 bits per heavy atom. The first-order chi connectivity index (χ1) is 9.19. The molecular weight excluding hydrogens is 254 g/mol. The summed E-state index contributed by atoms with van der Waals surface area (Å²) in [6.07, 6.45) is 1.73. The van der Waals surface area contributed by atoms with E-state index in [9.17, 15) is 0 Å².